The van der Waals surface area contributed by atoms with Crippen molar-refractivity contribution in [3.63, 3.8) is 0 Å². The van der Waals surface area contributed by atoms with Crippen LogP contribution in [0.5, 0.6) is 0 Å². The molecule has 2 aliphatic rings. The standard InChI is InChI=1S/C37H38N2O6Si/c1-36(2,3)46(28-16-6-4-7-17-28,29-18-8-5-9-19-29)44-25-37-24-43-32(34(45-37)39-22-21-31(40)38-35(39)41)33(37)42-23-27-15-12-14-26-13-10-11-20-30(26)27/h4-22,32-34H,23-25H2,1-3H3,(H,38,40,41)/t32-,33+,34+,37-/m0/s1. The lowest BCUT2D eigenvalue weighted by atomic mass is 9.99. The lowest BCUT2D eigenvalue weighted by molar-refractivity contribution is -0.187. The third-order valence-corrected chi connectivity index (χ3v) is 14.3. The van der Waals surface area contributed by atoms with E-state index in [9.17, 15) is 9.59 Å². The highest BCUT2D eigenvalue weighted by Crippen LogP contribution is 2.48. The summed E-state index contributed by atoms with van der Waals surface area (Å²) in [6, 6.07) is 36.6. The summed E-state index contributed by atoms with van der Waals surface area (Å²) in [7, 11) is -2.94. The van der Waals surface area contributed by atoms with Crippen LogP contribution in [-0.2, 0) is 25.2 Å². The second-order valence-electron chi connectivity index (χ2n) is 13.2. The van der Waals surface area contributed by atoms with E-state index in [-0.39, 0.29) is 18.3 Å². The van der Waals surface area contributed by atoms with E-state index in [1.165, 1.54) is 16.8 Å². The van der Waals surface area contributed by atoms with E-state index in [4.69, 9.17) is 18.6 Å². The first-order valence-corrected chi connectivity index (χ1v) is 17.6. The van der Waals surface area contributed by atoms with Gasteiger partial charge in [-0.15, -0.1) is 0 Å². The van der Waals surface area contributed by atoms with Gasteiger partial charge in [0.05, 0.1) is 19.8 Å². The van der Waals surface area contributed by atoms with Crippen LogP contribution in [0.15, 0.2) is 125 Å². The van der Waals surface area contributed by atoms with Crippen LogP contribution in [0.2, 0.25) is 5.04 Å². The molecule has 2 aliphatic heterocycles. The number of hydrogen-bond acceptors (Lipinski definition) is 6. The highest BCUT2D eigenvalue weighted by Gasteiger charge is 2.64. The van der Waals surface area contributed by atoms with Crippen LogP contribution in [0.25, 0.3) is 10.8 Å². The van der Waals surface area contributed by atoms with Crippen LogP contribution in [0.3, 0.4) is 0 Å². The molecule has 4 atom stereocenters. The first-order valence-electron chi connectivity index (χ1n) is 15.7. The third kappa shape index (κ3) is 5.18. The number of aromatic amines is 1. The highest BCUT2D eigenvalue weighted by atomic mass is 28.4. The number of nitrogens with one attached hydrogen (secondary N) is 1. The number of hydrogen-bond donors (Lipinski definition) is 1. The lowest BCUT2D eigenvalue weighted by Gasteiger charge is -2.45. The Morgan fingerprint density at radius 3 is 2.20 bits per heavy atom. The fourth-order valence-electron chi connectivity index (χ4n) is 7.18. The maximum atomic E-state index is 13.0. The Morgan fingerprint density at radius 1 is 0.870 bits per heavy atom. The normalized spacial score (nSPS) is 22.8. The average molecular weight is 635 g/mol. The summed E-state index contributed by atoms with van der Waals surface area (Å²) < 4.78 is 28.7. The van der Waals surface area contributed by atoms with Crippen molar-refractivity contribution in [1.29, 1.82) is 0 Å². The second-order valence-corrected chi connectivity index (χ2v) is 17.5. The molecule has 4 aromatic carbocycles. The number of aromatic nitrogens is 2. The molecule has 5 aromatic rings. The molecule has 1 N–H and O–H groups in total. The summed E-state index contributed by atoms with van der Waals surface area (Å²) in [5.41, 5.74) is -1.00. The molecular formula is C37H38N2O6Si. The smallest absolute Gasteiger partial charge is 0.330 e. The Balaban J connectivity index is 1.29. The fraction of sp³-hybridized carbons (Fsp3) is 0.297. The number of nitrogens with zero attached hydrogens (tertiary/aromatic N) is 1. The van der Waals surface area contributed by atoms with Gasteiger partial charge in [0.25, 0.3) is 13.9 Å². The Kier molecular flexibility index (Phi) is 7.90. The van der Waals surface area contributed by atoms with Crippen molar-refractivity contribution in [3.05, 3.63) is 142 Å². The Hall–Kier alpha value is -4.12. The van der Waals surface area contributed by atoms with Crippen molar-refractivity contribution in [3.8, 4) is 0 Å². The van der Waals surface area contributed by atoms with Gasteiger partial charge in [0.1, 0.15) is 17.8 Å². The number of rotatable bonds is 9. The number of H-pyrrole nitrogens is 1. The molecule has 3 heterocycles. The molecule has 2 saturated heterocycles. The molecule has 1 aromatic heterocycles. The van der Waals surface area contributed by atoms with Crippen molar-refractivity contribution in [2.45, 2.75) is 56.5 Å². The maximum Gasteiger partial charge on any atom is 0.330 e. The van der Waals surface area contributed by atoms with Gasteiger partial charge < -0.3 is 18.6 Å². The monoisotopic (exact) mass is 634 g/mol. The molecule has 8 nitrogen and oxygen atoms in total. The predicted molar refractivity (Wildman–Crippen MR) is 180 cm³/mol. The van der Waals surface area contributed by atoms with Crippen molar-refractivity contribution in [2.75, 3.05) is 13.2 Å². The van der Waals surface area contributed by atoms with E-state index in [1.54, 1.807) is 0 Å². The van der Waals surface area contributed by atoms with Crippen molar-refractivity contribution in [2.24, 2.45) is 0 Å². The molecule has 0 radical (unpaired) electrons. The van der Waals surface area contributed by atoms with Crippen LogP contribution in [0, 0.1) is 0 Å². The summed E-state index contributed by atoms with van der Waals surface area (Å²) in [5.74, 6) is 0. The maximum absolute atomic E-state index is 13.0. The van der Waals surface area contributed by atoms with Crippen LogP contribution < -0.4 is 21.6 Å². The topological polar surface area (TPSA) is 91.8 Å². The van der Waals surface area contributed by atoms with E-state index < -0.39 is 43.6 Å². The van der Waals surface area contributed by atoms with Crippen LogP contribution in [-0.4, -0.2) is 48.9 Å². The summed E-state index contributed by atoms with van der Waals surface area (Å²) in [6.07, 6.45) is -0.498. The summed E-state index contributed by atoms with van der Waals surface area (Å²) in [6.45, 7) is 7.45. The summed E-state index contributed by atoms with van der Waals surface area (Å²) in [4.78, 5) is 27.2. The van der Waals surface area contributed by atoms with Crippen LogP contribution >= 0.6 is 0 Å². The molecule has 0 aliphatic carbocycles. The Morgan fingerprint density at radius 2 is 1.52 bits per heavy atom. The minimum Gasteiger partial charge on any atom is -0.404 e. The molecule has 0 unspecified atom stereocenters. The van der Waals surface area contributed by atoms with Crippen molar-refractivity contribution in [1.82, 2.24) is 9.55 Å². The van der Waals surface area contributed by atoms with Gasteiger partial charge in [-0.2, -0.15) is 0 Å². The molecular weight excluding hydrogens is 597 g/mol. The van der Waals surface area contributed by atoms with E-state index in [2.05, 4.69) is 98.6 Å². The van der Waals surface area contributed by atoms with Gasteiger partial charge in [-0.3, -0.25) is 14.3 Å². The predicted octanol–water partition coefficient (Wildman–Crippen LogP) is 4.52. The zero-order valence-corrected chi connectivity index (χ0v) is 27.2. The molecule has 2 bridgehead atoms. The Labute approximate surface area is 268 Å². The van der Waals surface area contributed by atoms with E-state index in [1.807, 2.05) is 30.3 Å². The molecule has 2 fully saturated rings. The zero-order valence-electron chi connectivity index (χ0n) is 26.2. The SMILES string of the molecule is CC(C)(C)[Si](OC[C@]12CO[C@H]([C@H](n3ccc(=O)[nH]c3=O)O1)[C@H]2OCc1cccc2ccccc12)(c1ccccc1)c1ccccc1. The first-order chi connectivity index (χ1) is 22.2. The summed E-state index contributed by atoms with van der Waals surface area (Å²) in [5, 5.41) is 4.30. The lowest BCUT2D eigenvalue weighted by Crippen LogP contribution is -2.68. The molecule has 236 valence electrons. The molecule has 46 heavy (non-hydrogen) atoms. The van der Waals surface area contributed by atoms with E-state index >= 15 is 0 Å². The molecule has 9 heteroatoms. The second kappa shape index (κ2) is 11.9. The number of fused-ring (bicyclic) bond motifs is 3. The third-order valence-electron chi connectivity index (χ3n) is 9.35. The highest BCUT2D eigenvalue weighted by molar-refractivity contribution is 6.99. The fourth-order valence-corrected chi connectivity index (χ4v) is 11.8. The van der Waals surface area contributed by atoms with E-state index in [0.717, 1.165) is 26.7 Å². The van der Waals surface area contributed by atoms with Gasteiger partial charge in [-0.25, -0.2) is 4.79 Å². The first kappa shape index (κ1) is 30.5. The van der Waals surface area contributed by atoms with Crippen LogP contribution in [0.1, 0.15) is 32.6 Å². The van der Waals surface area contributed by atoms with Gasteiger partial charge in [-0.05, 0) is 31.7 Å². The van der Waals surface area contributed by atoms with E-state index in [0.29, 0.717) is 6.61 Å². The quantitative estimate of drug-likeness (QED) is 0.240. The molecule has 0 saturated carbocycles. The zero-order chi connectivity index (χ0) is 31.9. The van der Waals surface area contributed by atoms with Crippen molar-refractivity contribution < 1.29 is 18.6 Å². The van der Waals surface area contributed by atoms with Gasteiger partial charge in [0, 0.05) is 12.3 Å². The van der Waals surface area contributed by atoms with Crippen molar-refractivity contribution >= 4 is 29.5 Å². The largest absolute Gasteiger partial charge is 0.404 e. The number of benzene rings is 4. The minimum atomic E-state index is -2.94. The van der Waals surface area contributed by atoms with Crippen LogP contribution in [0.4, 0.5) is 0 Å². The molecule has 7 rings (SSSR count). The molecule has 0 amide bonds. The van der Waals surface area contributed by atoms with Gasteiger partial charge >= 0.3 is 5.69 Å². The van der Waals surface area contributed by atoms with Gasteiger partial charge in [-0.1, -0.05) is 124 Å². The summed E-state index contributed by atoms with van der Waals surface area (Å²) >= 11 is 0. The van der Waals surface area contributed by atoms with Gasteiger partial charge in [0.2, 0.25) is 0 Å². The average Bonchev–Trinajstić information content (AvgIpc) is 3.56. The molecule has 0 spiro atoms. The van der Waals surface area contributed by atoms with Gasteiger partial charge in [0.15, 0.2) is 6.23 Å². The number of ether oxygens (including phenoxy) is 3. The Bertz CT molecular complexity index is 1910. The minimum absolute atomic E-state index is 0.186.